The summed E-state index contributed by atoms with van der Waals surface area (Å²) in [5.74, 6) is 0.512. The molecule has 16 heavy (non-hydrogen) atoms. The minimum atomic E-state index is -0.0994. The van der Waals surface area contributed by atoms with E-state index in [0.717, 1.165) is 32.5 Å². The van der Waals surface area contributed by atoms with E-state index in [1.54, 1.807) is 0 Å². The molecule has 2 heteroatoms. The van der Waals surface area contributed by atoms with Gasteiger partial charge in [0.1, 0.15) is 0 Å². The standard InChI is InChI=1S/C14H21NO/c1-2-14(15,13-8-9-16-11-13)10-12-6-4-3-5-7-12/h3-7,13H,2,8-11,15H2,1H3. The normalized spacial score (nSPS) is 24.2. The highest BCUT2D eigenvalue weighted by atomic mass is 16.5. The Balaban J connectivity index is 2.09. The van der Waals surface area contributed by atoms with Crippen LogP contribution in [0.4, 0.5) is 0 Å². The van der Waals surface area contributed by atoms with E-state index in [1.807, 2.05) is 6.07 Å². The summed E-state index contributed by atoms with van der Waals surface area (Å²) in [4.78, 5) is 0. The topological polar surface area (TPSA) is 35.2 Å². The maximum Gasteiger partial charge on any atom is 0.0512 e. The molecule has 88 valence electrons. The van der Waals surface area contributed by atoms with Gasteiger partial charge >= 0.3 is 0 Å². The number of benzene rings is 1. The van der Waals surface area contributed by atoms with Gasteiger partial charge in [0, 0.05) is 18.1 Å². The van der Waals surface area contributed by atoms with Crippen LogP contribution < -0.4 is 5.73 Å². The van der Waals surface area contributed by atoms with Crippen LogP contribution in [0, 0.1) is 5.92 Å². The van der Waals surface area contributed by atoms with Crippen molar-refractivity contribution in [1.29, 1.82) is 0 Å². The summed E-state index contributed by atoms with van der Waals surface area (Å²) in [6.07, 6.45) is 3.07. The van der Waals surface area contributed by atoms with Gasteiger partial charge in [-0.3, -0.25) is 0 Å². The van der Waals surface area contributed by atoms with E-state index in [0.29, 0.717) is 5.92 Å². The fourth-order valence-corrected chi connectivity index (χ4v) is 2.52. The SMILES string of the molecule is CCC(N)(Cc1ccccc1)C1CCOC1. The molecule has 2 unspecified atom stereocenters. The second-order valence-electron chi connectivity index (χ2n) is 4.81. The third-order valence-corrected chi connectivity index (χ3v) is 3.78. The Bertz CT molecular complexity index is 319. The van der Waals surface area contributed by atoms with E-state index >= 15 is 0 Å². The molecule has 0 aromatic heterocycles. The molecule has 2 N–H and O–H groups in total. The van der Waals surface area contributed by atoms with Crippen molar-refractivity contribution in [2.45, 2.75) is 31.7 Å². The van der Waals surface area contributed by atoms with Crippen molar-refractivity contribution < 1.29 is 4.74 Å². The third-order valence-electron chi connectivity index (χ3n) is 3.78. The van der Waals surface area contributed by atoms with Gasteiger partial charge in [-0.15, -0.1) is 0 Å². The number of ether oxygens (including phenoxy) is 1. The van der Waals surface area contributed by atoms with Crippen molar-refractivity contribution in [1.82, 2.24) is 0 Å². The van der Waals surface area contributed by atoms with Gasteiger partial charge in [0.15, 0.2) is 0 Å². The molecule has 2 nitrogen and oxygen atoms in total. The summed E-state index contributed by atoms with van der Waals surface area (Å²) in [5, 5.41) is 0. The zero-order valence-corrected chi connectivity index (χ0v) is 9.99. The molecule has 1 aromatic carbocycles. The van der Waals surface area contributed by atoms with Gasteiger partial charge in [-0.25, -0.2) is 0 Å². The lowest BCUT2D eigenvalue weighted by Crippen LogP contribution is -2.49. The van der Waals surface area contributed by atoms with Gasteiger partial charge in [-0.05, 0) is 24.8 Å². The molecule has 1 saturated heterocycles. The molecule has 1 fully saturated rings. The predicted molar refractivity (Wildman–Crippen MR) is 66.3 cm³/mol. The number of hydrogen-bond donors (Lipinski definition) is 1. The average Bonchev–Trinajstić information content (AvgIpc) is 2.84. The van der Waals surface area contributed by atoms with Crippen LogP contribution in [0.15, 0.2) is 30.3 Å². The molecule has 0 amide bonds. The van der Waals surface area contributed by atoms with Crippen LogP contribution in [0.5, 0.6) is 0 Å². The molecule has 0 radical (unpaired) electrons. The second kappa shape index (κ2) is 4.98. The van der Waals surface area contributed by atoms with E-state index in [9.17, 15) is 0 Å². The van der Waals surface area contributed by atoms with Gasteiger partial charge < -0.3 is 10.5 Å². The lowest BCUT2D eigenvalue weighted by molar-refractivity contribution is 0.159. The molecular weight excluding hydrogens is 198 g/mol. The lowest BCUT2D eigenvalue weighted by atomic mass is 9.77. The van der Waals surface area contributed by atoms with E-state index in [2.05, 4.69) is 31.2 Å². The molecular formula is C14H21NO. The van der Waals surface area contributed by atoms with E-state index in [1.165, 1.54) is 5.56 Å². The van der Waals surface area contributed by atoms with Crippen molar-refractivity contribution in [3.63, 3.8) is 0 Å². The Morgan fingerprint density at radius 2 is 2.12 bits per heavy atom. The molecule has 1 aliphatic rings. The van der Waals surface area contributed by atoms with Crippen molar-refractivity contribution in [3.05, 3.63) is 35.9 Å². The fraction of sp³-hybridized carbons (Fsp3) is 0.571. The molecule has 0 saturated carbocycles. The molecule has 2 atom stereocenters. The highest BCUT2D eigenvalue weighted by molar-refractivity contribution is 5.18. The molecule has 0 bridgehead atoms. The van der Waals surface area contributed by atoms with Crippen molar-refractivity contribution in [3.8, 4) is 0 Å². The third kappa shape index (κ3) is 2.45. The van der Waals surface area contributed by atoms with Gasteiger partial charge in [-0.1, -0.05) is 37.3 Å². The Labute approximate surface area is 97.8 Å². The largest absolute Gasteiger partial charge is 0.381 e. The average molecular weight is 219 g/mol. The van der Waals surface area contributed by atoms with Crippen molar-refractivity contribution in [2.24, 2.45) is 11.7 Å². The van der Waals surface area contributed by atoms with E-state index < -0.39 is 0 Å². The Morgan fingerprint density at radius 1 is 1.38 bits per heavy atom. The first-order valence-corrected chi connectivity index (χ1v) is 6.15. The monoisotopic (exact) mass is 219 g/mol. The summed E-state index contributed by atoms with van der Waals surface area (Å²) in [7, 11) is 0. The van der Waals surface area contributed by atoms with Crippen LogP contribution in [0.3, 0.4) is 0 Å². The minimum Gasteiger partial charge on any atom is -0.381 e. The zero-order chi connectivity index (χ0) is 11.4. The van der Waals surface area contributed by atoms with Crippen LogP contribution in [-0.2, 0) is 11.2 Å². The number of hydrogen-bond acceptors (Lipinski definition) is 2. The van der Waals surface area contributed by atoms with E-state index in [-0.39, 0.29) is 5.54 Å². The van der Waals surface area contributed by atoms with E-state index in [4.69, 9.17) is 10.5 Å². The summed E-state index contributed by atoms with van der Waals surface area (Å²) >= 11 is 0. The van der Waals surface area contributed by atoms with Gasteiger partial charge in [0.2, 0.25) is 0 Å². The Kier molecular flexibility index (Phi) is 3.62. The highest BCUT2D eigenvalue weighted by Gasteiger charge is 2.35. The Morgan fingerprint density at radius 3 is 2.69 bits per heavy atom. The quantitative estimate of drug-likeness (QED) is 0.843. The Hall–Kier alpha value is -0.860. The van der Waals surface area contributed by atoms with Crippen LogP contribution in [-0.4, -0.2) is 18.8 Å². The fourth-order valence-electron chi connectivity index (χ4n) is 2.52. The highest BCUT2D eigenvalue weighted by Crippen LogP contribution is 2.29. The smallest absolute Gasteiger partial charge is 0.0512 e. The first-order chi connectivity index (χ1) is 7.74. The van der Waals surface area contributed by atoms with Crippen molar-refractivity contribution >= 4 is 0 Å². The number of rotatable bonds is 4. The summed E-state index contributed by atoms with van der Waals surface area (Å²) in [5.41, 5.74) is 7.79. The maximum absolute atomic E-state index is 6.55. The maximum atomic E-state index is 6.55. The molecule has 1 heterocycles. The first-order valence-electron chi connectivity index (χ1n) is 6.15. The van der Waals surface area contributed by atoms with Crippen LogP contribution in [0.25, 0.3) is 0 Å². The predicted octanol–water partition coefficient (Wildman–Crippen LogP) is 2.37. The summed E-state index contributed by atoms with van der Waals surface area (Å²) in [6, 6.07) is 10.5. The van der Waals surface area contributed by atoms with Crippen molar-refractivity contribution in [2.75, 3.05) is 13.2 Å². The second-order valence-corrected chi connectivity index (χ2v) is 4.81. The summed E-state index contributed by atoms with van der Waals surface area (Å²) in [6.45, 7) is 3.89. The minimum absolute atomic E-state index is 0.0994. The van der Waals surface area contributed by atoms with Crippen LogP contribution in [0.1, 0.15) is 25.3 Å². The van der Waals surface area contributed by atoms with Gasteiger partial charge in [-0.2, -0.15) is 0 Å². The van der Waals surface area contributed by atoms with Gasteiger partial charge in [0.25, 0.3) is 0 Å². The summed E-state index contributed by atoms with van der Waals surface area (Å²) < 4.78 is 5.46. The van der Waals surface area contributed by atoms with Gasteiger partial charge in [0.05, 0.1) is 6.61 Å². The molecule has 0 spiro atoms. The molecule has 0 aliphatic carbocycles. The molecule has 2 rings (SSSR count). The zero-order valence-electron chi connectivity index (χ0n) is 9.99. The molecule has 1 aromatic rings. The lowest BCUT2D eigenvalue weighted by Gasteiger charge is -2.34. The molecule has 1 aliphatic heterocycles. The number of nitrogens with two attached hydrogens (primary N) is 1. The van der Waals surface area contributed by atoms with Crippen LogP contribution in [0.2, 0.25) is 0 Å². The first kappa shape index (κ1) is 11.6. The van der Waals surface area contributed by atoms with Crippen LogP contribution >= 0.6 is 0 Å².